The van der Waals surface area contributed by atoms with Gasteiger partial charge in [-0.3, -0.25) is 0 Å². The number of hydrogen-bond acceptors (Lipinski definition) is 3. The summed E-state index contributed by atoms with van der Waals surface area (Å²) in [6, 6.07) is 7.22. The SMILES string of the molecule is COCCNC(=O)NCC#Cc1ccccc1OC. The third-order valence-corrected chi connectivity index (χ3v) is 2.26. The predicted molar refractivity (Wildman–Crippen MR) is 73.1 cm³/mol. The molecule has 0 aromatic heterocycles. The Labute approximate surface area is 113 Å². The quantitative estimate of drug-likeness (QED) is 0.614. The van der Waals surface area contributed by atoms with Crippen LogP contribution in [0.1, 0.15) is 5.56 Å². The first kappa shape index (κ1) is 14.9. The normalized spacial score (nSPS) is 9.16. The van der Waals surface area contributed by atoms with Crippen molar-refractivity contribution in [2.45, 2.75) is 0 Å². The molecular formula is C14H18N2O3. The second kappa shape index (κ2) is 8.84. The van der Waals surface area contributed by atoms with Crippen molar-refractivity contribution in [1.82, 2.24) is 10.6 Å². The largest absolute Gasteiger partial charge is 0.495 e. The van der Waals surface area contributed by atoms with Crippen LogP contribution in [-0.2, 0) is 4.74 Å². The summed E-state index contributed by atoms with van der Waals surface area (Å²) >= 11 is 0. The Morgan fingerprint density at radius 2 is 2.05 bits per heavy atom. The lowest BCUT2D eigenvalue weighted by atomic mass is 10.2. The van der Waals surface area contributed by atoms with Crippen molar-refractivity contribution in [1.29, 1.82) is 0 Å². The number of benzene rings is 1. The Morgan fingerprint density at radius 1 is 1.26 bits per heavy atom. The molecule has 102 valence electrons. The first-order valence-corrected chi connectivity index (χ1v) is 5.90. The molecule has 0 aliphatic carbocycles. The van der Waals surface area contributed by atoms with Gasteiger partial charge in [-0.1, -0.05) is 24.0 Å². The maximum absolute atomic E-state index is 11.3. The van der Waals surface area contributed by atoms with Crippen LogP contribution in [0.3, 0.4) is 0 Å². The van der Waals surface area contributed by atoms with Crippen molar-refractivity contribution in [3.05, 3.63) is 29.8 Å². The Morgan fingerprint density at radius 3 is 2.79 bits per heavy atom. The highest BCUT2D eigenvalue weighted by atomic mass is 16.5. The topological polar surface area (TPSA) is 59.6 Å². The molecule has 5 heteroatoms. The Kier molecular flexibility index (Phi) is 6.92. The molecule has 1 aromatic rings. The summed E-state index contributed by atoms with van der Waals surface area (Å²) < 4.78 is 9.99. The molecule has 0 bridgehead atoms. The number of ether oxygens (including phenoxy) is 2. The molecule has 0 saturated carbocycles. The van der Waals surface area contributed by atoms with Crippen LogP contribution in [0.25, 0.3) is 0 Å². The van der Waals surface area contributed by atoms with Gasteiger partial charge in [0.15, 0.2) is 0 Å². The summed E-state index contributed by atoms with van der Waals surface area (Å²) in [4.78, 5) is 11.3. The minimum Gasteiger partial charge on any atom is -0.495 e. The number of urea groups is 1. The van der Waals surface area contributed by atoms with Gasteiger partial charge in [0.05, 0.1) is 25.8 Å². The molecule has 1 aromatic carbocycles. The molecule has 0 spiro atoms. The third kappa shape index (κ3) is 5.80. The van der Waals surface area contributed by atoms with Crippen LogP contribution in [0.4, 0.5) is 4.79 Å². The monoisotopic (exact) mass is 262 g/mol. The highest BCUT2D eigenvalue weighted by Crippen LogP contribution is 2.15. The van der Waals surface area contributed by atoms with Gasteiger partial charge in [-0.25, -0.2) is 4.79 Å². The number of para-hydroxylation sites is 1. The van der Waals surface area contributed by atoms with E-state index in [0.29, 0.717) is 13.2 Å². The van der Waals surface area contributed by atoms with Gasteiger partial charge in [0.2, 0.25) is 0 Å². The average molecular weight is 262 g/mol. The minimum absolute atomic E-state index is 0.258. The number of rotatable bonds is 5. The zero-order chi connectivity index (χ0) is 13.9. The smallest absolute Gasteiger partial charge is 0.315 e. The number of carbonyl (C=O) groups is 1. The molecule has 19 heavy (non-hydrogen) atoms. The second-order valence-corrected chi connectivity index (χ2v) is 3.60. The van der Waals surface area contributed by atoms with Gasteiger partial charge in [-0.05, 0) is 12.1 Å². The number of carbonyl (C=O) groups excluding carboxylic acids is 1. The Hall–Kier alpha value is -2.19. The standard InChI is InChI=1S/C14H18N2O3/c1-18-11-10-16-14(17)15-9-5-7-12-6-3-4-8-13(12)19-2/h3-4,6,8H,9-11H2,1-2H3,(H2,15,16,17). The predicted octanol–water partition coefficient (Wildman–Crippen LogP) is 0.992. The van der Waals surface area contributed by atoms with E-state index in [4.69, 9.17) is 9.47 Å². The van der Waals surface area contributed by atoms with Gasteiger partial charge >= 0.3 is 6.03 Å². The van der Waals surface area contributed by atoms with Crippen molar-refractivity contribution < 1.29 is 14.3 Å². The molecule has 0 aliphatic rings. The van der Waals surface area contributed by atoms with Crippen LogP contribution in [-0.4, -0.2) is 39.9 Å². The molecule has 0 aliphatic heterocycles. The van der Waals surface area contributed by atoms with E-state index >= 15 is 0 Å². The van der Waals surface area contributed by atoms with E-state index in [0.717, 1.165) is 11.3 Å². The van der Waals surface area contributed by atoms with E-state index in [-0.39, 0.29) is 12.6 Å². The summed E-state index contributed by atoms with van der Waals surface area (Å²) in [7, 11) is 3.18. The summed E-state index contributed by atoms with van der Waals surface area (Å²) in [6.07, 6.45) is 0. The van der Waals surface area contributed by atoms with Crippen molar-refractivity contribution >= 4 is 6.03 Å². The summed E-state index contributed by atoms with van der Waals surface area (Å²) in [6.45, 7) is 1.24. The molecule has 0 radical (unpaired) electrons. The first-order valence-electron chi connectivity index (χ1n) is 5.90. The molecule has 0 unspecified atom stereocenters. The molecule has 2 N–H and O–H groups in total. The van der Waals surface area contributed by atoms with Crippen molar-refractivity contribution in [3.63, 3.8) is 0 Å². The molecule has 5 nitrogen and oxygen atoms in total. The lowest BCUT2D eigenvalue weighted by molar-refractivity contribution is 0.196. The van der Waals surface area contributed by atoms with Crippen LogP contribution < -0.4 is 15.4 Å². The van der Waals surface area contributed by atoms with E-state index in [9.17, 15) is 4.79 Å². The summed E-state index contributed by atoms with van der Waals surface area (Å²) in [5.74, 6) is 6.53. The van der Waals surface area contributed by atoms with Crippen molar-refractivity contribution in [2.24, 2.45) is 0 Å². The number of hydrogen-bond donors (Lipinski definition) is 2. The zero-order valence-electron chi connectivity index (χ0n) is 11.2. The highest BCUT2D eigenvalue weighted by Gasteiger charge is 1.97. The number of methoxy groups -OCH3 is 2. The van der Waals surface area contributed by atoms with Gasteiger partial charge in [0, 0.05) is 13.7 Å². The fourth-order valence-corrected chi connectivity index (χ4v) is 1.34. The van der Waals surface area contributed by atoms with Crippen LogP contribution in [0.2, 0.25) is 0 Å². The van der Waals surface area contributed by atoms with E-state index in [2.05, 4.69) is 22.5 Å². The average Bonchev–Trinajstić information content (AvgIpc) is 2.44. The maximum Gasteiger partial charge on any atom is 0.315 e. The minimum atomic E-state index is -0.258. The second-order valence-electron chi connectivity index (χ2n) is 3.60. The number of nitrogens with one attached hydrogen (secondary N) is 2. The van der Waals surface area contributed by atoms with Gasteiger partial charge in [0.1, 0.15) is 5.75 Å². The van der Waals surface area contributed by atoms with E-state index in [1.165, 1.54) is 0 Å². The molecule has 2 amide bonds. The van der Waals surface area contributed by atoms with Crippen LogP contribution >= 0.6 is 0 Å². The first-order chi connectivity index (χ1) is 9.27. The molecule has 0 atom stereocenters. The Balaban J connectivity index is 2.37. The maximum atomic E-state index is 11.3. The summed E-state index contributed by atoms with van der Waals surface area (Å²) in [5, 5.41) is 5.27. The lowest BCUT2D eigenvalue weighted by Crippen LogP contribution is -2.37. The molecule has 0 fully saturated rings. The van der Waals surface area contributed by atoms with Gasteiger partial charge in [-0.2, -0.15) is 0 Å². The van der Waals surface area contributed by atoms with Gasteiger partial charge < -0.3 is 20.1 Å². The van der Waals surface area contributed by atoms with Crippen LogP contribution in [0, 0.1) is 11.8 Å². The van der Waals surface area contributed by atoms with Crippen molar-refractivity contribution in [3.8, 4) is 17.6 Å². The van der Waals surface area contributed by atoms with Crippen molar-refractivity contribution in [2.75, 3.05) is 33.9 Å². The fourth-order valence-electron chi connectivity index (χ4n) is 1.34. The third-order valence-electron chi connectivity index (χ3n) is 2.26. The van der Waals surface area contributed by atoms with E-state index < -0.39 is 0 Å². The summed E-state index contributed by atoms with van der Waals surface area (Å²) in [5.41, 5.74) is 0.798. The van der Waals surface area contributed by atoms with Gasteiger partial charge in [-0.15, -0.1) is 0 Å². The fraction of sp³-hybridized carbons (Fsp3) is 0.357. The Bertz CT molecular complexity index is 463. The van der Waals surface area contributed by atoms with E-state index in [1.807, 2.05) is 24.3 Å². The highest BCUT2D eigenvalue weighted by molar-refractivity contribution is 5.74. The lowest BCUT2D eigenvalue weighted by Gasteiger charge is -2.04. The van der Waals surface area contributed by atoms with E-state index in [1.54, 1.807) is 14.2 Å². The number of amides is 2. The molecule has 0 saturated heterocycles. The molecular weight excluding hydrogens is 244 g/mol. The molecule has 0 heterocycles. The van der Waals surface area contributed by atoms with Gasteiger partial charge in [0.25, 0.3) is 0 Å². The molecule has 1 rings (SSSR count). The van der Waals surface area contributed by atoms with Crippen LogP contribution in [0.5, 0.6) is 5.75 Å². The van der Waals surface area contributed by atoms with Crippen LogP contribution in [0.15, 0.2) is 24.3 Å². The zero-order valence-corrected chi connectivity index (χ0v) is 11.2.